The van der Waals surface area contributed by atoms with Gasteiger partial charge in [-0.3, -0.25) is 9.97 Å². The molecule has 1 atom stereocenters. The van der Waals surface area contributed by atoms with Crippen LogP contribution in [-0.4, -0.2) is 19.5 Å². The van der Waals surface area contributed by atoms with Crippen LogP contribution in [0.15, 0.2) is 24.8 Å². The fourth-order valence-corrected chi connectivity index (χ4v) is 1.49. The zero-order valence-corrected chi connectivity index (χ0v) is 9.46. The summed E-state index contributed by atoms with van der Waals surface area (Å²) in [5, 5.41) is 0. The van der Waals surface area contributed by atoms with Gasteiger partial charge in [0.2, 0.25) is 0 Å². The lowest BCUT2D eigenvalue weighted by atomic mass is 10.1. The number of nitrogens with zero attached hydrogens (tertiary/aromatic N) is 4. The Labute approximate surface area is 94.4 Å². The van der Waals surface area contributed by atoms with E-state index in [4.69, 9.17) is 5.73 Å². The highest BCUT2D eigenvalue weighted by atomic mass is 15.0. The van der Waals surface area contributed by atoms with Crippen LogP contribution in [0.4, 0.5) is 0 Å². The topological polar surface area (TPSA) is 69.6 Å². The number of hydrogen-bond donors (Lipinski definition) is 1. The largest absolute Gasteiger partial charge is 0.338 e. The van der Waals surface area contributed by atoms with E-state index in [0.717, 1.165) is 17.2 Å². The van der Waals surface area contributed by atoms with E-state index in [2.05, 4.69) is 15.0 Å². The van der Waals surface area contributed by atoms with E-state index in [1.165, 1.54) is 0 Å². The highest BCUT2D eigenvalue weighted by Crippen LogP contribution is 2.11. The van der Waals surface area contributed by atoms with E-state index in [1.807, 2.05) is 24.7 Å². The van der Waals surface area contributed by atoms with Gasteiger partial charge in [0.25, 0.3) is 0 Å². The molecule has 0 saturated carbocycles. The van der Waals surface area contributed by atoms with Gasteiger partial charge in [0.15, 0.2) is 0 Å². The van der Waals surface area contributed by atoms with Crippen LogP contribution < -0.4 is 5.73 Å². The minimum absolute atomic E-state index is 0.158. The Morgan fingerprint density at radius 3 is 2.69 bits per heavy atom. The van der Waals surface area contributed by atoms with E-state index in [9.17, 15) is 0 Å². The van der Waals surface area contributed by atoms with Crippen molar-refractivity contribution in [3.8, 4) is 0 Å². The lowest BCUT2D eigenvalue weighted by molar-refractivity contribution is 0.639. The Morgan fingerprint density at radius 2 is 2.12 bits per heavy atom. The summed E-state index contributed by atoms with van der Waals surface area (Å²) in [6.07, 6.45) is 7.80. The second kappa shape index (κ2) is 4.40. The van der Waals surface area contributed by atoms with E-state index in [1.54, 1.807) is 18.6 Å². The molecule has 0 spiro atoms. The summed E-state index contributed by atoms with van der Waals surface area (Å²) in [6, 6.07) is -0.158. The van der Waals surface area contributed by atoms with Crippen LogP contribution in [0.3, 0.4) is 0 Å². The summed E-state index contributed by atoms with van der Waals surface area (Å²) in [4.78, 5) is 12.7. The quantitative estimate of drug-likeness (QED) is 0.824. The van der Waals surface area contributed by atoms with Gasteiger partial charge in [-0.1, -0.05) is 0 Å². The molecule has 0 saturated heterocycles. The van der Waals surface area contributed by atoms with Gasteiger partial charge in [-0.25, -0.2) is 4.98 Å². The third kappa shape index (κ3) is 2.25. The van der Waals surface area contributed by atoms with Crippen LogP contribution >= 0.6 is 0 Å². The standard InChI is InChI=1S/C11H15N5/c1-8-6-15-10(7-14-8)9(12)5-11-13-3-4-16(11)2/h3-4,6-7,9H,5,12H2,1-2H3. The number of aryl methyl sites for hydroxylation is 2. The summed E-state index contributed by atoms with van der Waals surface area (Å²) in [5.74, 6) is 0.954. The molecule has 2 heterocycles. The molecule has 2 rings (SSSR count). The number of rotatable bonds is 3. The second-order valence-corrected chi connectivity index (χ2v) is 3.85. The molecule has 0 aliphatic rings. The summed E-state index contributed by atoms with van der Waals surface area (Å²) in [6.45, 7) is 1.90. The minimum atomic E-state index is -0.158. The maximum Gasteiger partial charge on any atom is 0.110 e. The van der Waals surface area contributed by atoms with Crippen LogP contribution in [0.25, 0.3) is 0 Å². The first-order chi connectivity index (χ1) is 7.66. The highest BCUT2D eigenvalue weighted by molar-refractivity contribution is 5.08. The Hall–Kier alpha value is -1.75. The molecule has 1 unspecified atom stereocenters. The Balaban J connectivity index is 2.11. The third-order valence-corrected chi connectivity index (χ3v) is 2.50. The summed E-state index contributed by atoms with van der Waals surface area (Å²) in [5.41, 5.74) is 7.75. The predicted molar refractivity (Wildman–Crippen MR) is 60.6 cm³/mol. The van der Waals surface area contributed by atoms with Crippen LogP contribution in [-0.2, 0) is 13.5 Å². The summed E-state index contributed by atoms with van der Waals surface area (Å²) in [7, 11) is 1.95. The van der Waals surface area contributed by atoms with Crippen LogP contribution in [0.5, 0.6) is 0 Å². The second-order valence-electron chi connectivity index (χ2n) is 3.85. The van der Waals surface area contributed by atoms with Crippen molar-refractivity contribution in [1.29, 1.82) is 0 Å². The molecule has 0 aliphatic heterocycles. The monoisotopic (exact) mass is 217 g/mol. The SMILES string of the molecule is Cc1cnc(C(N)Cc2nccn2C)cn1. The molecule has 0 aliphatic carbocycles. The van der Waals surface area contributed by atoms with Gasteiger partial charge < -0.3 is 10.3 Å². The zero-order chi connectivity index (χ0) is 11.5. The molecule has 0 amide bonds. The Morgan fingerprint density at radius 1 is 1.31 bits per heavy atom. The smallest absolute Gasteiger partial charge is 0.110 e. The molecule has 2 aromatic heterocycles. The average molecular weight is 217 g/mol. The molecule has 0 fully saturated rings. The molecule has 16 heavy (non-hydrogen) atoms. The molecule has 84 valence electrons. The number of aromatic nitrogens is 4. The maximum absolute atomic E-state index is 6.05. The lowest BCUT2D eigenvalue weighted by Crippen LogP contribution is -2.17. The molecular weight excluding hydrogens is 202 g/mol. The molecular formula is C11H15N5. The van der Waals surface area contributed by atoms with Gasteiger partial charge in [-0.15, -0.1) is 0 Å². The van der Waals surface area contributed by atoms with Crippen molar-refractivity contribution in [2.45, 2.75) is 19.4 Å². The summed E-state index contributed by atoms with van der Waals surface area (Å²) >= 11 is 0. The van der Waals surface area contributed by atoms with Gasteiger partial charge >= 0.3 is 0 Å². The van der Waals surface area contributed by atoms with E-state index in [-0.39, 0.29) is 6.04 Å². The first-order valence-electron chi connectivity index (χ1n) is 5.17. The van der Waals surface area contributed by atoms with Crippen molar-refractivity contribution in [2.24, 2.45) is 12.8 Å². The molecule has 5 nitrogen and oxygen atoms in total. The van der Waals surface area contributed by atoms with Gasteiger partial charge in [0, 0.05) is 32.1 Å². The minimum Gasteiger partial charge on any atom is -0.338 e. The van der Waals surface area contributed by atoms with Gasteiger partial charge in [-0.05, 0) is 6.92 Å². The Kier molecular flexibility index (Phi) is 2.96. The third-order valence-electron chi connectivity index (χ3n) is 2.50. The van der Waals surface area contributed by atoms with Crippen molar-refractivity contribution < 1.29 is 0 Å². The summed E-state index contributed by atoms with van der Waals surface area (Å²) < 4.78 is 1.96. The molecule has 2 N–H and O–H groups in total. The van der Waals surface area contributed by atoms with Crippen molar-refractivity contribution in [2.75, 3.05) is 0 Å². The normalized spacial score (nSPS) is 12.7. The molecule has 5 heteroatoms. The van der Waals surface area contributed by atoms with E-state index >= 15 is 0 Å². The predicted octanol–water partition coefficient (Wildman–Crippen LogP) is 0.761. The first kappa shape index (κ1) is 10.8. The van der Waals surface area contributed by atoms with Crippen molar-refractivity contribution >= 4 is 0 Å². The van der Waals surface area contributed by atoms with Crippen molar-refractivity contribution in [3.05, 3.63) is 42.0 Å². The molecule has 2 aromatic rings. The average Bonchev–Trinajstić information content (AvgIpc) is 2.65. The Bertz CT molecular complexity index is 459. The van der Waals surface area contributed by atoms with Gasteiger partial charge in [0.05, 0.1) is 23.6 Å². The fraction of sp³-hybridized carbons (Fsp3) is 0.364. The van der Waals surface area contributed by atoms with Gasteiger partial charge in [-0.2, -0.15) is 0 Å². The van der Waals surface area contributed by atoms with Crippen LogP contribution in [0, 0.1) is 6.92 Å². The van der Waals surface area contributed by atoms with Gasteiger partial charge in [0.1, 0.15) is 5.82 Å². The van der Waals surface area contributed by atoms with Crippen LogP contribution in [0.2, 0.25) is 0 Å². The molecule has 0 bridgehead atoms. The molecule has 0 aromatic carbocycles. The van der Waals surface area contributed by atoms with Crippen molar-refractivity contribution in [1.82, 2.24) is 19.5 Å². The number of hydrogen-bond acceptors (Lipinski definition) is 4. The fourth-order valence-electron chi connectivity index (χ4n) is 1.49. The lowest BCUT2D eigenvalue weighted by Gasteiger charge is -2.10. The van der Waals surface area contributed by atoms with E-state index in [0.29, 0.717) is 6.42 Å². The van der Waals surface area contributed by atoms with Crippen molar-refractivity contribution in [3.63, 3.8) is 0 Å². The maximum atomic E-state index is 6.05. The number of imidazole rings is 1. The van der Waals surface area contributed by atoms with Crippen LogP contribution in [0.1, 0.15) is 23.3 Å². The zero-order valence-electron chi connectivity index (χ0n) is 9.46. The molecule has 0 radical (unpaired) electrons. The number of nitrogens with two attached hydrogens (primary N) is 1. The first-order valence-corrected chi connectivity index (χ1v) is 5.17. The van der Waals surface area contributed by atoms with E-state index < -0.39 is 0 Å². The highest BCUT2D eigenvalue weighted by Gasteiger charge is 2.11.